The lowest BCUT2D eigenvalue weighted by Crippen LogP contribution is -2.39. The third-order valence-corrected chi connectivity index (χ3v) is 3.12. The number of aromatic nitrogens is 1. The van der Waals surface area contributed by atoms with Crippen LogP contribution in [0.1, 0.15) is 18.4 Å². The van der Waals surface area contributed by atoms with Gasteiger partial charge in [-0.2, -0.15) is 10.5 Å². The molecule has 0 atom stereocenters. The van der Waals surface area contributed by atoms with Crippen molar-refractivity contribution in [2.24, 2.45) is 0 Å². The minimum atomic E-state index is 0.376. The number of piperidine rings is 1. The molecule has 2 heterocycles. The summed E-state index contributed by atoms with van der Waals surface area (Å²) < 4.78 is 0. The Bertz CT molecular complexity index is 477. The molecule has 1 N–H and O–H groups in total. The van der Waals surface area contributed by atoms with E-state index >= 15 is 0 Å². The molecule has 1 aromatic heterocycles. The van der Waals surface area contributed by atoms with Crippen LogP contribution in [0.3, 0.4) is 0 Å². The van der Waals surface area contributed by atoms with E-state index in [1.807, 2.05) is 0 Å². The zero-order valence-electron chi connectivity index (χ0n) is 10.1. The van der Waals surface area contributed by atoms with Crippen molar-refractivity contribution in [2.45, 2.75) is 18.9 Å². The molecule has 1 saturated heterocycles. The Morgan fingerprint density at radius 2 is 2.17 bits per heavy atom. The number of rotatable bonds is 3. The summed E-state index contributed by atoms with van der Waals surface area (Å²) in [5.74, 6) is 0.757. The highest BCUT2D eigenvalue weighted by atomic mass is 15.1. The van der Waals surface area contributed by atoms with Gasteiger partial charge in [0.05, 0.1) is 24.2 Å². The zero-order valence-corrected chi connectivity index (χ0v) is 10.1. The number of nitriles is 2. The lowest BCUT2D eigenvalue weighted by molar-refractivity contribution is 0.242. The molecular formula is C13H15N5. The van der Waals surface area contributed by atoms with Gasteiger partial charge in [-0.15, -0.1) is 0 Å². The molecule has 0 spiro atoms. The van der Waals surface area contributed by atoms with Crippen LogP contribution in [0.15, 0.2) is 18.3 Å². The predicted octanol–water partition coefficient (Wildman–Crippen LogP) is 1.35. The van der Waals surface area contributed by atoms with E-state index in [1.165, 1.54) is 0 Å². The van der Waals surface area contributed by atoms with Gasteiger partial charge in [0.2, 0.25) is 0 Å². The summed E-state index contributed by atoms with van der Waals surface area (Å²) in [6.07, 6.45) is 3.64. The topological polar surface area (TPSA) is 75.7 Å². The first-order valence-corrected chi connectivity index (χ1v) is 6.04. The SMILES string of the molecule is N#CCN1CCC(Nc2cc(C#N)ccn2)CC1. The zero-order chi connectivity index (χ0) is 12.8. The summed E-state index contributed by atoms with van der Waals surface area (Å²) in [6, 6.07) is 8.12. The summed E-state index contributed by atoms with van der Waals surface area (Å²) in [7, 11) is 0. The Kier molecular flexibility index (Phi) is 4.11. The van der Waals surface area contributed by atoms with Gasteiger partial charge in [-0.05, 0) is 25.0 Å². The molecule has 0 bridgehead atoms. The third-order valence-electron chi connectivity index (χ3n) is 3.12. The van der Waals surface area contributed by atoms with Crippen LogP contribution >= 0.6 is 0 Å². The maximum absolute atomic E-state index is 8.82. The van der Waals surface area contributed by atoms with Crippen molar-refractivity contribution in [1.82, 2.24) is 9.88 Å². The molecular weight excluding hydrogens is 226 g/mol. The fourth-order valence-electron chi connectivity index (χ4n) is 2.12. The molecule has 0 amide bonds. The minimum Gasteiger partial charge on any atom is -0.367 e. The average Bonchev–Trinajstić information content (AvgIpc) is 2.42. The van der Waals surface area contributed by atoms with E-state index in [0.29, 0.717) is 18.2 Å². The van der Waals surface area contributed by atoms with E-state index in [2.05, 4.69) is 27.3 Å². The Morgan fingerprint density at radius 1 is 1.39 bits per heavy atom. The van der Waals surface area contributed by atoms with Crippen LogP contribution in [0.2, 0.25) is 0 Å². The number of hydrogen-bond donors (Lipinski definition) is 1. The van der Waals surface area contributed by atoms with Gasteiger partial charge < -0.3 is 5.32 Å². The summed E-state index contributed by atoms with van der Waals surface area (Å²) in [6.45, 7) is 2.38. The van der Waals surface area contributed by atoms with Crippen molar-refractivity contribution in [3.63, 3.8) is 0 Å². The van der Waals surface area contributed by atoms with Gasteiger partial charge in [0.15, 0.2) is 0 Å². The highest BCUT2D eigenvalue weighted by Gasteiger charge is 2.18. The van der Waals surface area contributed by atoms with Crippen molar-refractivity contribution in [3.05, 3.63) is 23.9 Å². The van der Waals surface area contributed by atoms with Crippen molar-refractivity contribution in [2.75, 3.05) is 25.0 Å². The molecule has 1 aromatic rings. The van der Waals surface area contributed by atoms with Crippen LogP contribution in [-0.4, -0.2) is 35.6 Å². The van der Waals surface area contributed by atoms with Crippen LogP contribution in [0.4, 0.5) is 5.82 Å². The van der Waals surface area contributed by atoms with Crippen LogP contribution in [0.5, 0.6) is 0 Å². The summed E-state index contributed by atoms with van der Waals surface area (Å²) >= 11 is 0. The Balaban J connectivity index is 1.88. The molecule has 2 rings (SSSR count). The molecule has 1 aliphatic heterocycles. The van der Waals surface area contributed by atoms with E-state index in [0.717, 1.165) is 31.7 Å². The van der Waals surface area contributed by atoms with Crippen molar-refractivity contribution in [1.29, 1.82) is 10.5 Å². The number of pyridine rings is 1. The van der Waals surface area contributed by atoms with Crippen molar-refractivity contribution < 1.29 is 0 Å². The predicted molar refractivity (Wildman–Crippen MR) is 67.6 cm³/mol. The molecule has 92 valence electrons. The van der Waals surface area contributed by atoms with Crippen LogP contribution in [0, 0.1) is 22.7 Å². The largest absolute Gasteiger partial charge is 0.367 e. The van der Waals surface area contributed by atoms with Gasteiger partial charge in [-0.1, -0.05) is 0 Å². The molecule has 0 aromatic carbocycles. The number of likely N-dealkylation sites (tertiary alicyclic amines) is 1. The molecule has 1 aliphatic rings. The molecule has 1 fully saturated rings. The van der Waals surface area contributed by atoms with Gasteiger partial charge in [0, 0.05) is 25.3 Å². The number of anilines is 1. The lowest BCUT2D eigenvalue weighted by atomic mass is 10.1. The number of nitrogens with one attached hydrogen (secondary N) is 1. The first-order valence-electron chi connectivity index (χ1n) is 6.04. The Labute approximate surface area is 107 Å². The lowest BCUT2D eigenvalue weighted by Gasteiger charge is -2.30. The summed E-state index contributed by atoms with van der Waals surface area (Å²) in [5, 5.41) is 20.8. The van der Waals surface area contributed by atoms with Crippen molar-refractivity contribution in [3.8, 4) is 12.1 Å². The fourth-order valence-corrected chi connectivity index (χ4v) is 2.12. The monoisotopic (exact) mass is 241 g/mol. The second kappa shape index (κ2) is 6.00. The minimum absolute atomic E-state index is 0.376. The maximum Gasteiger partial charge on any atom is 0.127 e. The second-order valence-electron chi connectivity index (χ2n) is 4.39. The molecule has 0 saturated carbocycles. The molecule has 0 radical (unpaired) electrons. The van der Waals surface area contributed by atoms with E-state index in [-0.39, 0.29) is 0 Å². The Morgan fingerprint density at radius 3 is 2.83 bits per heavy atom. The van der Waals surface area contributed by atoms with Crippen molar-refractivity contribution >= 4 is 5.82 Å². The van der Waals surface area contributed by atoms with Gasteiger partial charge in [-0.3, -0.25) is 4.90 Å². The molecule has 5 nitrogen and oxygen atoms in total. The summed E-state index contributed by atoms with van der Waals surface area (Å²) in [4.78, 5) is 6.36. The average molecular weight is 241 g/mol. The van der Waals surface area contributed by atoms with Gasteiger partial charge in [0.25, 0.3) is 0 Å². The molecule has 18 heavy (non-hydrogen) atoms. The Hall–Kier alpha value is -2.11. The maximum atomic E-state index is 8.82. The molecule has 0 unspecified atom stereocenters. The molecule has 5 heteroatoms. The van der Waals surface area contributed by atoms with Crippen LogP contribution in [-0.2, 0) is 0 Å². The highest BCUT2D eigenvalue weighted by molar-refractivity contribution is 5.43. The quantitative estimate of drug-likeness (QED) is 0.808. The van der Waals surface area contributed by atoms with E-state index in [1.54, 1.807) is 18.3 Å². The van der Waals surface area contributed by atoms with E-state index in [4.69, 9.17) is 10.5 Å². The first kappa shape index (κ1) is 12.3. The highest BCUT2D eigenvalue weighted by Crippen LogP contribution is 2.15. The smallest absolute Gasteiger partial charge is 0.127 e. The van der Waals surface area contributed by atoms with Crippen LogP contribution < -0.4 is 5.32 Å². The van der Waals surface area contributed by atoms with Crippen LogP contribution in [0.25, 0.3) is 0 Å². The fraction of sp³-hybridized carbons (Fsp3) is 0.462. The van der Waals surface area contributed by atoms with E-state index < -0.39 is 0 Å². The second-order valence-corrected chi connectivity index (χ2v) is 4.39. The van der Waals surface area contributed by atoms with Gasteiger partial charge in [-0.25, -0.2) is 4.98 Å². The standard InChI is InChI=1S/C13H15N5/c14-4-8-18-6-2-12(3-7-18)17-13-9-11(10-15)1-5-16-13/h1,5,9,12H,2-3,6-8H2,(H,16,17). The first-order chi connectivity index (χ1) is 8.81. The molecule has 0 aliphatic carbocycles. The van der Waals surface area contributed by atoms with E-state index in [9.17, 15) is 0 Å². The van der Waals surface area contributed by atoms with Gasteiger partial charge in [0.1, 0.15) is 5.82 Å². The normalized spacial score (nSPS) is 16.8. The number of nitrogens with zero attached hydrogens (tertiary/aromatic N) is 4. The van der Waals surface area contributed by atoms with Gasteiger partial charge >= 0.3 is 0 Å². The summed E-state index contributed by atoms with van der Waals surface area (Å²) in [5.41, 5.74) is 0.620. The number of hydrogen-bond acceptors (Lipinski definition) is 5. The third kappa shape index (κ3) is 3.19.